The predicted octanol–water partition coefficient (Wildman–Crippen LogP) is 2.99. The Labute approximate surface area is 147 Å². The highest BCUT2D eigenvalue weighted by atomic mass is 35.5. The first-order chi connectivity index (χ1) is 11.6. The molecule has 1 aliphatic heterocycles. The Morgan fingerprint density at radius 3 is 2.42 bits per heavy atom. The van der Waals surface area contributed by atoms with Crippen molar-refractivity contribution in [1.29, 1.82) is 0 Å². The van der Waals surface area contributed by atoms with Crippen LogP contribution in [-0.4, -0.2) is 52.9 Å². The molecule has 24 heavy (non-hydrogen) atoms. The van der Waals surface area contributed by atoms with Gasteiger partial charge in [-0.05, 0) is 25.0 Å². The third-order valence-electron chi connectivity index (χ3n) is 4.83. The molecule has 0 spiro atoms. The largest absolute Gasteiger partial charge is 0.339 e. The maximum Gasteiger partial charge on any atom is 0.322 e. The second-order valence-electron chi connectivity index (χ2n) is 6.42. The first-order valence-electron chi connectivity index (χ1n) is 8.60. The number of nitrogens with one attached hydrogen (secondary N) is 1. The molecule has 3 amide bonds. The van der Waals surface area contributed by atoms with E-state index >= 15 is 0 Å². The van der Waals surface area contributed by atoms with E-state index in [9.17, 15) is 9.59 Å². The number of nitrogens with zero attached hydrogens (tertiary/aromatic N) is 3. The maximum atomic E-state index is 12.5. The molecule has 1 saturated heterocycles. The molecule has 130 valence electrons. The van der Waals surface area contributed by atoms with Gasteiger partial charge in [0.2, 0.25) is 5.91 Å². The number of urea groups is 1. The number of piperazine rings is 1. The second kappa shape index (κ2) is 7.83. The predicted molar refractivity (Wildman–Crippen MR) is 93.0 cm³/mol. The molecule has 0 bridgehead atoms. The molecular formula is C17H23ClN4O2. The Kier molecular flexibility index (Phi) is 5.56. The summed E-state index contributed by atoms with van der Waals surface area (Å²) in [5.41, 5.74) is 0.505. The summed E-state index contributed by atoms with van der Waals surface area (Å²) >= 11 is 5.96. The van der Waals surface area contributed by atoms with E-state index in [1.807, 2.05) is 4.90 Å². The van der Waals surface area contributed by atoms with Gasteiger partial charge >= 0.3 is 6.03 Å². The van der Waals surface area contributed by atoms with Crippen LogP contribution in [0.5, 0.6) is 0 Å². The summed E-state index contributed by atoms with van der Waals surface area (Å²) in [6.07, 6.45) is 7.16. The summed E-state index contributed by atoms with van der Waals surface area (Å²) in [6.45, 7) is 2.29. The van der Waals surface area contributed by atoms with E-state index in [2.05, 4.69) is 10.3 Å². The smallest absolute Gasteiger partial charge is 0.322 e. The fourth-order valence-corrected chi connectivity index (χ4v) is 3.58. The van der Waals surface area contributed by atoms with Crippen molar-refractivity contribution in [2.24, 2.45) is 5.92 Å². The summed E-state index contributed by atoms with van der Waals surface area (Å²) in [6, 6.07) is 3.24. The Morgan fingerprint density at radius 1 is 1.08 bits per heavy atom. The lowest BCUT2D eigenvalue weighted by molar-refractivity contribution is -0.137. The number of hydrogen-bond acceptors (Lipinski definition) is 3. The third-order valence-corrected chi connectivity index (χ3v) is 5.13. The molecule has 0 unspecified atom stereocenters. The highest BCUT2D eigenvalue weighted by Crippen LogP contribution is 2.26. The van der Waals surface area contributed by atoms with E-state index in [1.54, 1.807) is 23.2 Å². The zero-order valence-corrected chi connectivity index (χ0v) is 14.5. The van der Waals surface area contributed by atoms with Gasteiger partial charge in [-0.15, -0.1) is 0 Å². The Bertz CT molecular complexity index is 596. The average Bonchev–Trinajstić information content (AvgIpc) is 2.64. The molecule has 1 saturated carbocycles. The van der Waals surface area contributed by atoms with Gasteiger partial charge in [-0.1, -0.05) is 30.9 Å². The number of rotatable bonds is 2. The van der Waals surface area contributed by atoms with E-state index < -0.39 is 0 Å². The van der Waals surface area contributed by atoms with Gasteiger partial charge in [0, 0.05) is 38.3 Å². The fourth-order valence-electron chi connectivity index (χ4n) is 3.41. The van der Waals surface area contributed by atoms with Crippen molar-refractivity contribution in [2.45, 2.75) is 32.1 Å². The minimum atomic E-state index is -0.199. The zero-order valence-electron chi connectivity index (χ0n) is 13.7. The Balaban J connectivity index is 1.50. The van der Waals surface area contributed by atoms with Crippen LogP contribution in [0.4, 0.5) is 10.5 Å². The first kappa shape index (κ1) is 17.0. The number of carbonyl (C=O) groups excluding carboxylic acids is 2. The molecule has 0 atom stereocenters. The van der Waals surface area contributed by atoms with Crippen LogP contribution in [0.2, 0.25) is 5.15 Å². The molecule has 1 aliphatic carbocycles. The topological polar surface area (TPSA) is 65.5 Å². The molecule has 0 aromatic carbocycles. The van der Waals surface area contributed by atoms with Crippen molar-refractivity contribution in [3.8, 4) is 0 Å². The SMILES string of the molecule is O=C(Nc1cccnc1Cl)N1CCN(C(=O)C2CCCCC2)CC1. The molecule has 2 aliphatic rings. The highest BCUT2D eigenvalue weighted by Gasteiger charge is 2.29. The summed E-state index contributed by atoms with van der Waals surface area (Å²) in [5.74, 6) is 0.457. The van der Waals surface area contributed by atoms with E-state index in [1.165, 1.54) is 6.42 Å². The van der Waals surface area contributed by atoms with Crippen LogP contribution in [-0.2, 0) is 4.79 Å². The normalized spacial score (nSPS) is 19.2. The van der Waals surface area contributed by atoms with Crippen LogP contribution < -0.4 is 5.32 Å². The lowest BCUT2D eigenvalue weighted by atomic mass is 9.88. The summed E-state index contributed by atoms with van der Waals surface area (Å²) < 4.78 is 0. The number of anilines is 1. The van der Waals surface area contributed by atoms with E-state index in [0.717, 1.165) is 25.7 Å². The average molecular weight is 351 g/mol. The molecule has 2 heterocycles. The van der Waals surface area contributed by atoms with Crippen molar-refractivity contribution in [1.82, 2.24) is 14.8 Å². The molecule has 0 radical (unpaired) electrons. The first-order valence-corrected chi connectivity index (χ1v) is 8.98. The molecule has 1 aromatic rings. The van der Waals surface area contributed by atoms with E-state index in [4.69, 9.17) is 11.6 Å². The molecular weight excluding hydrogens is 328 g/mol. The van der Waals surface area contributed by atoms with Gasteiger partial charge in [-0.25, -0.2) is 9.78 Å². The molecule has 1 N–H and O–H groups in total. The van der Waals surface area contributed by atoms with E-state index in [0.29, 0.717) is 31.9 Å². The number of amides is 3. The van der Waals surface area contributed by atoms with Gasteiger partial charge in [0.15, 0.2) is 5.15 Å². The standard InChI is InChI=1S/C17H23ClN4O2/c18-15-14(7-4-8-19-15)20-17(24)22-11-9-21(10-12-22)16(23)13-5-2-1-3-6-13/h4,7-8,13H,1-3,5-6,9-12H2,(H,20,24). The second-order valence-corrected chi connectivity index (χ2v) is 6.78. The van der Waals surface area contributed by atoms with E-state index in [-0.39, 0.29) is 23.0 Å². The van der Waals surface area contributed by atoms with Crippen LogP contribution in [0.1, 0.15) is 32.1 Å². The van der Waals surface area contributed by atoms with Gasteiger partial charge in [0.1, 0.15) is 0 Å². The quantitative estimate of drug-likeness (QED) is 0.834. The van der Waals surface area contributed by atoms with Crippen LogP contribution in [0.3, 0.4) is 0 Å². The fraction of sp³-hybridized carbons (Fsp3) is 0.588. The summed E-state index contributed by atoms with van der Waals surface area (Å²) in [5, 5.41) is 3.05. The van der Waals surface area contributed by atoms with Gasteiger partial charge in [0.05, 0.1) is 5.69 Å². The third kappa shape index (κ3) is 3.98. The number of pyridine rings is 1. The molecule has 7 heteroatoms. The van der Waals surface area contributed by atoms with Crippen LogP contribution >= 0.6 is 11.6 Å². The lowest BCUT2D eigenvalue weighted by Gasteiger charge is -2.37. The minimum Gasteiger partial charge on any atom is -0.339 e. The number of hydrogen-bond donors (Lipinski definition) is 1. The number of aromatic nitrogens is 1. The molecule has 3 rings (SSSR count). The van der Waals surface area contributed by atoms with Gasteiger partial charge < -0.3 is 15.1 Å². The zero-order chi connectivity index (χ0) is 16.9. The van der Waals surface area contributed by atoms with Crippen molar-refractivity contribution in [3.05, 3.63) is 23.5 Å². The summed E-state index contributed by atoms with van der Waals surface area (Å²) in [7, 11) is 0. The monoisotopic (exact) mass is 350 g/mol. The van der Waals surface area contributed by atoms with Gasteiger partial charge in [-0.3, -0.25) is 4.79 Å². The van der Waals surface area contributed by atoms with Gasteiger partial charge in [0.25, 0.3) is 0 Å². The molecule has 6 nitrogen and oxygen atoms in total. The number of halogens is 1. The van der Waals surface area contributed by atoms with Crippen molar-refractivity contribution >= 4 is 29.2 Å². The van der Waals surface area contributed by atoms with Crippen molar-refractivity contribution in [3.63, 3.8) is 0 Å². The maximum absolute atomic E-state index is 12.5. The van der Waals surface area contributed by atoms with Crippen LogP contribution in [0.25, 0.3) is 0 Å². The van der Waals surface area contributed by atoms with Crippen LogP contribution in [0, 0.1) is 5.92 Å². The lowest BCUT2D eigenvalue weighted by Crippen LogP contribution is -2.53. The molecule has 2 fully saturated rings. The Morgan fingerprint density at radius 2 is 1.75 bits per heavy atom. The Hall–Kier alpha value is -1.82. The summed E-state index contributed by atoms with van der Waals surface area (Å²) in [4.78, 5) is 32.4. The molecule has 1 aromatic heterocycles. The number of carbonyl (C=O) groups is 2. The van der Waals surface area contributed by atoms with Crippen LogP contribution in [0.15, 0.2) is 18.3 Å². The highest BCUT2D eigenvalue weighted by molar-refractivity contribution is 6.32. The van der Waals surface area contributed by atoms with Crippen molar-refractivity contribution in [2.75, 3.05) is 31.5 Å². The minimum absolute atomic E-state index is 0.188. The van der Waals surface area contributed by atoms with Crippen molar-refractivity contribution < 1.29 is 9.59 Å². The van der Waals surface area contributed by atoms with Gasteiger partial charge in [-0.2, -0.15) is 0 Å².